The highest BCUT2D eigenvalue weighted by Gasteiger charge is 2.05. The molecule has 21 heavy (non-hydrogen) atoms. The molecule has 0 atom stereocenters. The fraction of sp³-hybridized carbons (Fsp3) is 0.294. The second kappa shape index (κ2) is 7.06. The quantitative estimate of drug-likeness (QED) is 0.716. The lowest BCUT2D eigenvalue weighted by molar-refractivity contribution is 1.07. The molecular formula is C17H20Cl2N2. The molecule has 2 nitrogen and oxygen atoms in total. The second-order valence-corrected chi connectivity index (χ2v) is 6.01. The summed E-state index contributed by atoms with van der Waals surface area (Å²) in [5.74, 6) is 0. The summed E-state index contributed by atoms with van der Waals surface area (Å²) in [4.78, 5) is 0. The smallest absolute Gasteiger partial charge is 0.0823 e. The van der Waals surface area contributed by atoms with Gasteiger partial charge in [0.2, 0.25) is 0 Å². The van der Waals surface area contributed by atoms with Crippen LogP contribution in [0.3, 0.4) is 0 Å². The molecule has 0 heterocycles. The lowest BCUT2D eigenvalue weighted by Crippen LogP contribution is -2.15. The fourth-order valence-corrected chi connectivity index (χ4v) is 2.85. The van der Waals surface area contributed by atoms with E-state index in [9.17, 15) is 0 Å². The maximum Gasteiger partial charge on any atom is 0.0823 e. The summed E-state index contributed by atoms with van der Waals surface area (Å²) in [7, 11) is 0. The van der Waals surface area contributed by atoms with E-state index in [1.807, 2.05) is 12.1 Å². The van der Waals surface area contributed by atoms with Gasteiger partial charge in [-0.1, -0.05) is 47.0 Å². The van der Waals surface area contributed by atoms with Crippen LogP contribution >= 0.6 is 23.2 Å². The number of nitrogens with one attached hydrogen (secondary N) is 2. The summed E-state index contributed by atoms with van der Waals surface area (Å²) >= 11 is 12.1. The van der Waals surface area contributed by atoms with Crippen molar-refractivity contribution in [2.45, 2.75) is 20.8 Å². The van der Waals surface area contributed by atoms with Crippen LogP contribution in [0.2, 0.25) is 10.0 Å². The van der Waals surface area contributed by atoms with Crippen LogP contribution < -0.4 is 10.6 Å². The van der Waals surface area contributed by atoms with Crippen molar-refractivity contribution < 1.29 is 0 Å². The van der Waals surface area contributed by atoms with E-state index in [0.29, 0.717) is 10.0 Å². The molecule has 0 saturated carbocycles. The van der Waals surface area contributed by atoms with Crippen LogP contribution in [0.5, 0.6) is 0 Å². The molecule has 4 heteroatoms. The Bertz CT molecular complexity index is 616. The van der Waals surface area contributed by atoms with Gasteiger partial charge in [0.25, 0.3) is 0 Å². The lowest BCUT2D eigenvalue weighted by atomic mass is 10.1. The van der Waals surface area contributed by atoms with E-state index in [2.05, 4.69) is 43.5 Å². The molecule has 0 aromatic heterocycles. The van der Waals surface area contributed by atoms with Gasteiger partial charge in [0.1, 0.15) is 0 Å². The molecule has 2 N–H and O–H groups in total. The Balaban J connectivity index is 1.92. The maximum atomic E-state index is 6.14. The van der Waals surface area contributed by atoms with Crippen molar-refractivity contribution >= 4 is 34.6 Å². The predicted octanol–water partition coefficient (Wildman–Crippen LogP) is 5.44. The van der Waals surface area contributed by atoms with Gasteiger partial charge < -0.3 is 10.6 Å². The zero-order valence-electron chi connectivity index (χ0n) is 12.6. The highest BCUT2D eigenvalue weighted by atomic mass is 35.5. The highest BCUT2D eigenvalue weighted by molar-refractivity contribution is 6.43. The number of hydrogen-bond donors (Lipinski definition) is 2. The number of rotatable bonds is 5. The Labute approximate surface area is 136 Å². The Morgan fingerprint density at radius 1 is 0.905 bits per heavy atom. The van der Waals surface area contributed by atoms with Gasteiger partial charge >= 0.3 is 0 Å². The van der Waals surface area contributed by atoms with Gasteiger partial charge in [0.15, 0.2) is 0 Å². The van der Waals surface area contributed by atoms with Crippen LogP contribution in [0.25, 0.3) is 0 Å². The first-order valence-electron chi connectivity index (χ1n) is 6.98. The lowest BCUT2D eigenvalue weighted by Gasteiger charge is -2.15. The average Bonchev–Trinajstić information content (AvgIpc) is 2.41. The SMILES string of the molecule is Cc1cc(C)c(NCCNc2cccc(Cl)c2Cl)c(C)c1. The zero-order valence-corrected chi connectivity index (χ0v) is 14.1. The minimum Gasteiger partial charge on any atom is -0.383 e. The van der Waals surface area contributed by atoms with Crippen LogP contribution in [0, 0.1) is 20.8 Å². The van der Waals surface area contributed by atoms with Crippen LogP contribution in [-0.2, 0) is 0 Å². The van der Waals surface area contributed by atoms with Crippen molar-refractivity contribution in [3.05, 3.63) is 57.1 Å². The largest absolute Gasteiger partial charge is 0.383 e. The summed E-state index contributed by atoms with van der Waals surface area (Å²) in [6, 6.07) is 9.98. The van der Waals surface area contributed by atoms with Crippen molar-refractivity contribution in [1.29, 1.82) is 0 Å². The molecule has 112 valence electrons. The molecule has 0 unspecified atom stereocenters. The van der Waals surface area contributed by atoms with Crippen LogP contribution in [0.1, 0.15) is 16.7 Å². The van der Waals surface area contributed by atoms with Gasteiger partial charge in [-0.05, 0) is 44.0 Å². The summed E-state index contributed by atoms with van der Waals surface area (Å²) < 4.78 is 0. The van der Waals surface area contributed by atoms with Crippen molar-refractivity contribution in [3.63, 3.8) is 0 Å². The number of halogens is 2. The van der Waals surface area contributed by atoms with E-state index in [0.717, 1.165) is 18.8 Å². The first-order chi connectivity index (χ1) is 9.99. The predicted molar refractivity (Wildman–Crippen MR) is 94.1 cm³/mol. The fourth-order valence-electron chi connectivity index (χ4n) is 2.48. The molecule has 0 amide bonds. The first kappa shape index (κ1) is 16.0. The van der Waals surface area contributed by atoms with Crippen LogP contribution in [0.4, 0.5) is 11.4 Å². The zero-order chi connectivity index (χ0) is 15.4. The van der Waals surface area contributed by atoms with E-state index in [-0.39, 0.29) is 0 Å². The number of hydrogen-bond acceptors (Lipinski definition) is 2. The van der Waals surface area contributed by atoms with Crippen LogP contribution in [0.15, 0.2) is 30.3 Å². The molecule has 2 aromatic rings. The van der Waals surface area contributed by atoms with E-state index < -0.39 is 0 Å². The van der Waals surface area contributed by atoms with Crippen LogP contribution in [-0.4, -0.2) is 13.1 Å². The molecule has 0 radical (unpaired) electrons. The minimum absolute atomic E-state index is 0.569. The maximum absolute atomic E-state index is 6.14. The molecule has 2 rings (SSSR count). The first-order valence-corrected chi connectivity index (χ1v) is 7.74. The number of aryl methyl sites for hydroxylation is 3. The Morgan fingerprint density at radius 3 is 2.19 bits per heavy atom. The molecule has 0 bridgehead atoms. The third-order valence-corrected chi connectivity index (χ3v) is 4.19. The van der Waals surface area contributed by atoms with Gasteiger partial charge in [-0.15, -0.1) is 0 Å². The van der Waals surface area contributed by atoms with Gasteiger partial charge in [-0.3, -0.25) is 0 Å². The molecule has 0 aliphatic heterocycles. The monoisotopic (exact) mass is 322 g/mol. The molecule has 0 aliphatic carbocycles. The van der Waals surface area contributed by atoms with E-state index in [1.165, 1.54) is 22.4 Å². The van der Waals surface area contributed by atoms with E-state index >= 15 is 0 Å². The van der Waals surface area contributed by atoms with Crippen molar-refractivity contribution in [1.82, 2.24) is 0 Å². The van der Waals surface area contributed by atoms with E-state index in [1.54, 1.807) is 6.07 Å². The average molecular weight is 323 g/mol. The topological polar surface area (TPSA) is 24.1 Å². The molecule has 0 saturated heterocycles. The normalized spacial score (nSPS) is 10.5. The standard InChI is InChI=1S/C17H20Cl2N2/c1-11-9-12(2)17(13(3)10-11)21-8-7-20-15-6-4-5-14(18)16(15)19/h4-6,9-10,20-21H,7-8H2,1-3H3. The molecule has 0 fully saturated rings. The minimum atomic E-state index is 0.569. The second-order valence-electron chi connectivity index (χ2n) is 5.23. The van der Waals surface area contributed by atoms with Gasteiger partial charge in [0, 0.05) is 18.8 Å². The number of benzene rings is 2. The van der Waals surface area contributed by atoms with Gasteiger partial charge in [-0.25, -0.2) is 0 Å². The van der Waals surface area contributed by atoms with Crippen molar-refractivity contribution in [2.75, 3.05) is 23.7 Å². The molecular weight excluding hydrogens is 303 g/mol. The summed E-state index contributed by atoms with van der Waals surface area (Å²) in [6.07, 6.45) is 0. The molecule has 2 aromatic carbocycles. The summed E-state index contributed by atoms with van der Waals surface area (Å²) in [5.41, 5.74) is 5.91. The molecule has 0 aliphatic rings. The van der Waals surface area contributed by atoms with Gasteiger partial charge in [0.05, 0.1) is 15.7 Å². The Kier molecular flexibility index (Phi) is 5.38. The molecule has 0 spiro atoms. The third-order valence-electron chi connectivity index (χ3n) is 3.37. The summed E-state index contributed by atoms with van der Waals surface area (Å²) in [6.45, 7) is 7.96. The Hall–Kier alpha value is -1.38. The highest BCUT2D eigenvalue weighted by Crippen LogP contribution is 2.29. The van der Waals surface area contributed by atoms with Gasteiger partial charge in [-0.2, -0.15) is 0 Å². The Morgan fingerprint density at radius 2 is 1.52 bits per heavy atom. The van der Waals surface area contributed by atoms with Crippen molar-refractivity contribution in [2.24, 2.45) is 0 Å². The van der Waals surface area contributed by atoms with Crippen molar-refractivity contribution in [3.8, 4) is 0 Å². The third kappa shape index (κ3) is 4.05. The number of anilines is 2. The summed E-state index contributed by atoms with van der Waals surface area (Å²) in [5, 5.41) is 7.91. The van der Waals surface area contributed by atoms with E-state index in [4.69, 9.17) is 23.2 Å².